The van der Waals surface area contributed by atoms with E-state index in [4.69, 9.17) is 10.6 Å². The van der Waals surface area contributed by atoms with Crippen molar-refractivity contribution in [3.8, 4) is 0 Å². The van der Waals surface area contributed by atoms with Gasteiger partial charge in [-0.15, -0.1) is 0 Å². The average molecular weight is 410 g/mol. The molecule has 1 heterocycles. The summed E-state index contributed by atoms with van der Waals surface area (Å²) in [7, 11) is -3.49. The van der Waals surface area contributed by atoms with Gasteiger partial charge in [0.15, 0.2) is 9.84 Å². The number of rotatable bonds is 10. The molecule has 1 saturated heterocycles. The van der Waals surface area contributed by atoms with Crippen LogP contribution in [0.15, 0.2) is 23.1 Å². The monoisotopic (exact) mass is 409 g/mol. The SMILES string of the molecule is CCS(=O)(=O)c1cc(C(=O)NOCCC2CCCN2CCC2CC2)ccc1N. The highest BCUT2D eigenvalue weighted by Crippen LogP contribution is 2.33. The topological polar surface area (TPSA) is 102 Å². The number of nitrogens with two attached hydrogens (primary N) is 1. The Kier molecular flexibility index (Phi) is 6.95. The first-order chi connectivity index (χ1) is 13.4. The van der Waals surface area contributed by atoms with Crippen LogP contribution in [0.2, 0.25) is 0 Å². The number of nitrogen functional groups attached to an aromatic ring is 1. The van der Waals surface area contributed by atoms with Crippen molar-refractivity contribution < 1.29 is 18.0 Å². The molecular formula is C20H31N3O4S. The Hall–Kier alpha value is -1.64. The molecule has 3 N–H and O–H groups in total. The van der Waals surface area contributed by atoms with Crippen molar-refractivity contribution >= 4 is 21.4 Å². The lowest BCUT2D eigenvalue weighted by atomic mass is 10.1. The first-order valence-electron chi connectivity index (χ1n) is 10.2. The third-order valence-electron chi connectivity index (χ3n) is 5.73. The molecular weight excluding hydrogens is 378 g/mol. The van der Waals surface area contributed by atoms with Crippen LogP contribution < -0.4 is 11.2 Å². The molecule has 0 bridgehead atoms. The molecule has 1 aliphatic carbocycles. The van der Waals surface area contributed by atoms with E-state index in [1.54, 1.807) is 6.92 Å². The highest BCUT2D eigenvalue weighted by atomic mass is 32.2. The molecule has 2 fully saturated rings. The Labute approximate surface area is 167 Å². The first kappa shape index (κ1) is 21.1. The number of hydrogen-bond acceptors (Lipinski definition) is 6. The predicted molar refractivity (Wildman–Crippen MR) is 109 cm³/mol. The fourth-order valence-electron chi connectivity index (χ4n) is 3.74. The van der Waals surface area contributed by atoms with Crippen LogP contribution in [-0.4, -0.2) is 50.7 Å². The van der Waals surface area contributed by atoms with Crippen LogP contribution in [0.3, 0.4) is 0 Å². The lowest BCUT2D eigenvalue weighted by Crippen LogP contribution is -2.33. The maximum atomic E-state index is 12.3. The third-order valence-corrected chi connectivity index (χ3v) is 7.51. The number of carbonyl (C=O) groups is 1. The van der Waals surface area contributed by atoms with E-state index in [0.29, 0.717) is 12.6 Å². The van der Waals surface area contributed by atoms with E-state index in [2.05, 4.69) is 10.4 Å². The lowest BCUT2D eigenvalue weighted by molar-refractivity contribution is 0.0239. The van der Waals surface area contributed by atoms with Crippen molar-refractivity contribution in [1.29, 1.82) is 0 Å². The maximum absolute atomic E-state index is 12.3. The number of anilines is 1. The molecule has 0 radical (unpaired) electrons. The van der Waals surface area contributed by atoms with E-state index in [0.717, 1.165) is 18.9 Å². The summed E-state index contributed by atoms with van der Waals surface area (Å²) in [6.07, 6.45) is 7.36. The number of sulfone groups is 1. The maximum Gasteiger partial charge on any atom is 0.274 e. The number of benzene rings is 1. The van der Waals surface area contributed by atoms with Crippen LogP contribution >= 0.6 is 0 Å². The fraction of sp³-hybridized carbons (Fsp3) is 0.650. The second-order valence-corrected chi connectivity index (χ2v) is 10.0. The number of hydroxylamine groups is 1. The predicted octanol–water partition coefficient (Wildman–Crippen LogP) is 2.38. The highest BCUT2D eigenvalue weighted by Gasteiger charge is 2.27. The van der Waals surface area contributed by atoms with Gasteiger partial charge in [-0.3, -0.25) is 9.63 Å². The molecule has 8 heteroatoms. The van der Waals surface area contributed by atoms with E-state index in [1.165, 1.54) is 56.8 Å². The Morgan fingerprint density at radius 3 is 2.79 bits per heavy atom. The summed E-state index contributed by atoms with van der Waals surface area (Å²) in [5.74, 6) is 0.403. The normalized spacial score (nSPS) is 20.4. The third kappa shape index (κ3) is 5.46. The zero-order chi connectivity index (χ0) is 20.1. The lowest BCUT2D eigenvalue weighted by Gasteiger charge is -2.24. The molecule has 1 aromatic carbocycles. The van der Waals surface area contributed by atoms with E-state index in [-0.39, 0.29) is 21.9 Å². The molecule has 2 aliphatic rings. The molecule has 1 saturated carbocycles. The quantitative estimate of drug-likeness (QED) is 0.349. The molecule has 7 nitrogen and oxygen atoms in total. The molecule has 3 rings (SSSR count). The summed E-state index contributed by atoms with van der Waals surface area (Å²) in [5, 5.41) is 0. The number of nitrogens with zero attached hydrogens (tertiary/aromatic N) is 1. The van der Waals surface area contributed by atoms with Crippen LogP contribution in [0, 0.1) is 5.92 Å². The van der Waals surface area contributed by atoms with Crippen LogP contribution in [0.5, 0.6) is 0 Å². The largest absolute Gasteiger partial charge is 0.398 e. The van der Waals surface area contributed by atoms with Crippen LogP contribution in [-0.2, 0) is 14.7 Å². The van der Waals surface area contributed by atoms with Gasteiger partial charge >= 0.3 is 0 Å². The van der Waals surface area contributed by atoms with Gasteiger partial charge in [0.1, 0.15) is 0 Å². The summed E-state index contributed by atoms with van der Waals surface area (Å²) in [5.41, 5.74) is 8.54. The van der Waals surface area contributed by atoms with Crippen molar-refractivity contribution in [2.45, 2.75) is 56.4 Å². The Morgan fingerprint density at radius 1 is 1.29 bits per heavy atom. The van der Waals surface area contributed by atoms with E-state index < -0.39 is 15.7 Å². The second-order valence-electron chi connectivity index (χ2n) is 7.79. The summed E-state index contributed by atoms with van der Waals surface area (Å²) in [4.78, 5) is 20.2. The Morgan fingerprint density at radius 2 is 2.07 bits per heavy atom. The van der Waals surface area contributed by atoms with Gasteiger partial charge in [0.25, 0.3) is 5.91 Å². The summed E-state index contributed by atoms with van der Waals surface area (Å²) in [6.45, 7) is 4.30. The molecule has 1 unspecified atom stereocenters. The minimum atomic E-state index is -3.49. The summed E-state index contributed by atoms with van der Waals surface area (Å²) >= 11 is 0. The van der Waals surface area contributed by atoms with Crippen molar-refractivity contribution in [1.82, 2.24) is 10.4 Å². The Balaban J connectivity index is 1.46. The van der Waals surface area contributed by atoms with Gasteiger partial charge in [-0.1, -0.05) is 19.8 Å². The zero-order valence-electron chi connectivity index (χ0n) is 16.5. The number of nitrogens with one attached hydrogen (secondary N) is 1. The minimum Gasteiger partial charge on any atom is -0.398 e. The van der Waals surface area contributed by atoms with Gasteiger partial charge in [-0.05, 0) is 62.9 Å². The second kappa shape index (κ2) is 9.24. The number of likely N-dealkylation sites (tertiary alicyclic amines) is 1. The molecule has 28 heavy (non-hydrogen) atoms. The van der Waals surface area contributed by atoms with Gasteiger partial charge in [0.05, 0.1) is 22.9 Å². The molecule has 1 aliphatic heterocycles. The van der Waals surface area contributed by atoms with Crippen LogP contribution in [0.4, 0.5) is 5.69 Å². The van der Waals surface area contributed by atoms with Gasteiger partial charge in [-0.2, -0.15) is 0 Å². The molecule has 156 valence electrons. The van der Waals surface area contributed by atoms with Gasteiger partial charge in [0, 0.05) is 11.6 Å². The smallest absolute Gasteiger partial charge is 0.274 e. The van der Waals surface area contributed by atoms with Crippen molar-refractivity contribution in [2.75, 3.05) is 31.2 Å². The first-order valence-corrected chi connectivity index (χ1v) is 11.8. The number of carbonyl (C=O) groups excluding carboxylic acids is 1. The zero-order valence-corrected chi connectivity index (χ0v) is 17.3. The Bertz CT molecular complexity index is 793. The molecule has 1 atom stereocenters. The van der Waals surface area contributed by atoms with E-state index in [1.807, 2.05) is 0 Å². The van der Waals surface area contributed by atoms with Gasteiger partial charge in [-0.25, -0.2) is 13.9 Å². The van der Waals surface area contributed by atoms with E-state index in [9.17, 15) is 13.2 Å². The minimum absolute atomic E-state index is 0.0140. The number of hydrogen-bond donors (Lipinski definition) is 2. The highest BCUT2D eigenvalue weighted by molar-refractivity contribution is 7.91. The summed E-state index contributed by atoms with van der Waals surface area (Å²) in [6, 6.07) is 4.77. The van der Waals surface area contributed by atoms with Gasteiger partial charge in [0.2, 0.25) is 0 Å². The molecule has 1 aromatic rings. The molecule has 1 amide bonds. The molecule has 0 aromatic heterocycles. The standard InChI is InChI=1S/C20H31N3O4S/c1-2-28(25,26)19-14-16(7-8-18(19)21)20(24)22-27-13-10-17-4-3-11-23(17)12-9-15-5-6-15/h7-8,14-15,17H,2-6,9-13,21H2,1H3,(H,22,24). The van der Waals surface area contributed by atoms with E-state index >= 15 is 0 Å². The fourth-order valence-corrected chi connectivity index (χ4v) is 4.79. The molecule has 0 spiro atoms. The van der Waals surface area contributed by atoms with Crippen molar-refractivity contribution in [2.24, 2.45) is 5.92 Å². The van der Waals surface area contributed by atoms with Crippen molar-refractivity contribution in [3.63, 3.8) is 0 Å². The average Bonchev–Trinajstić information content (AvgIpc) is 3.41. The van der Waals surface area contributed by atoms with Crippen LogP contribution in [0.25, 0.3) is 0 Å². The van der Waals surface area contributed by atoms with Gasteiger partial charge < -0.3 is 10.6 Å². The number of amides is 1. The van der Waals surface area contributed by atoms with Crippen LogP contribution in [0.1, 0.15) is 55.8 Å². The summed E-state index contributed by atoms with van der Waals surface area (Å²) < 4.78 is 24.2. The van der Waals surface area contributed by atoms with Crippen molar-refractivity contribution in [3.05, 3.63) is 23.8 Å².